The minimum Gasteiger partial charge on any atom is -0.469 e. The summed E-state index contributed by atoms with van der Waals surface area (Å²) in [6, 6.07) is 14.3. The van der Waals surface area contributed by atoms with Crippen LogP contribution in [0.25, 0.3) is 0 Å². The summed E-state index contributed by atoms with van der Waals surface area (Å²) < 4.78 is 10.6. The van der Waals surface area contributed by atoms with Crippen molar-refractivity contribution in [3.8, 4) is 0 Å². The molecule has 9 heteroatoms. The predicted molar refractivity (Wildman–Crippen MR) is 159 cm³/mol. The van der Waals surface area contributed by atoms with Gasteiger partial charge in [-0.1, -0.05) is 57.2 Å². The molecule has 1 aromatic carbocycles. The molecule has 228 valence electrons. The first kappa shape index (κ1) is 32.8. The maximum absolute atomic E-state index is 13.4. The summed E-state index contributed by atoms with van der Waals surface area (Å²) in [5.74, 6) is -0.950. The molecule has 1 saturated carbocycles. The van der Waals surface area contributed by atoms with Crippen molar-refractivity contribution in [3.63, 3.8) is 0 Å². The van der Waals surface area contributed by atoms with Crippen LogP contribution in [-0.2, 0) is 30.3 Å². The van der Waals surface area contributed by atoms with E-state index in [0.29, 0.717) is 37.3 Å². The van der Waals surface area contributed by atoms with Crippen molar-refractivity contribution < 1.29 is 28.7 Å². The summed E-state index contributed by atoms with van der Waals surface area (Å²) >= 11 is 0. The van der Waals surface area contributed by atoms with Gasteiger partial charge in [0.2, 0.25) is 5.91 Å². The molecule has 4 atom stereocenters. The number of methoxy groups -OCH3 is 1. The quantitative estimate of drug-likeness (QED) is 0.299. The molecule has 2 amide bonds. The standard InChI is InChI=1S/C33H45N3O6/c1-21(2)29(36(5)31(38)19-25-15-16-25)20-30(42-23(4)37)27-13-10-14-28(35-27)32(39)34-26(17-22(3)33(40)41-6)18-24-11-8-7-9-12-24/h7-14,21-22,25-26,29-30H,15-20H2,1-6H3,(H,34,39)/t22-,26+,29+,30+/m0/s1. The minimum absolute atomic E-state index is 0.0875. The molecule has 42 heavy (non-hydrogen) atoms. The second kappa shape index (κ2) is 15.5. The molecule has 1 aliphatic carbocycles. The lowest BCUT2D eigenvalue weighted by atomic mass is 9.94. The fourth-order valence-electron chi connectivity index (χ4n) is 5.26. The second-order valence-electron chi connectivity index (χ2n) is 11.8. The van der Waals surface area contributed by atoms with Gasteiger partial charge in [0, 0.05) is 38.9 Å². The summed E-state index contributed by atoms with van der Waals surface area (Å²) in [4.78, 5) is 57.0. The Labute approximate surface area is 249 Å². The first-order chi connectivity index (χ1) is 20.0. The fraction of sp³-hybridized carbons (Fsp3) is 0.545. The highest BCUT2D eigenvalue weighted by Crippen LogP contribution is 2.34. The van der Waals surface area contributed by atoms with Crippen molar-refractivity contribution in [1.29, 1.82) is 0 Å². The molecule has 1 aliphatic rings. The number of esters is 2. The number of hydrogen-bond donors (Lipinski definition) is 1. The van der Waals surface area contributed by atoms with Crippen molar-refractivity contribution in [1.82, 2.24) is 15.2 Å². The highest BCUT2D eigenvalue weighted by molar-refractivity contribution is 5.92. The Balaban J connectivity index is 1.80. The van der Waals surface area contributed by atoms with Crippen LogP contribution in [0.15, 0.2) is 48.5 Å². The third kappa shape index (κ3) is 9.96. The molecule has 3 rings (SSSR count). The zero-order valence-corrected chi connectivity index (χ0v) is 25.7. The van der Waals surface area contributed by atoms with E-state index in [4.69, 9.17) is 9.47 Å². The molecule has 1 heterocycles. The van der Waals surface area contributed by atoms with Crippen LogP contribution >= 0.6 is 0 Å². The van der Waals surface area contributed by atoms with Gasteiger partial charge in [0.15, 0.2) is 0 Å². The summed E-state index contributed by atoms with van der Waals surface area (Å²) in [7, 11) is 3.16. The molecule has 9 nitrogen and oxygen atoms in total. The zero-order valence-electron chi connectivity index (χ0n) is 25.7. The average molecular weight is 580 g/mol. The first-order valence-electron chi connectivity index (χ1n) is 14.8. The van der Waals surface area contributed by atoms with Crippen LogP contribution in [-0.4, -0.2) is 59.9 Å². The number of benzene rings is 1. The third-order valence-corrected chi connectivity index (χ3v) is 7.82. The summed E-state index contributed by atoms with van der Waals surface area (Å²) in [5.41, 5.74) is 1.64. The van der Waals surface area contributed by atoms with Crippen LogP contribution in [0.4, 0.5) is 0 Å². The largest absolute Gasteiger partial charge is 0.469 e. The van der Waals surface area contributed by atoms with Gasteiger partial charge in [0.1, 0.15) is 11.8 Å². The van der Waals surface area contributed by atoms with Gasteiger partial charge in [-0.15, -0.1) is 0 Å². The Hall–Kier alpha value is -3.75. The van der Waals surface area contributed by atoms with Crippen molar-refractivity contribution in [2.75, 3.05) is 14.2 Å². The number of hydrogen-bond acceptors (Lipinski definition) is 7. The van der Waals surface area contributed by atoms with E-state index in [-0.39, 0.29) is 35.6 Å². The number of pyridine rings is 1. The maximum Gasteiger partial charge on any atom is 0.308 e. The van der Waals surface area contributed by atoms with Crippen LogP contribution in [0.5, 0.6) is 0 Å². The molecule has 0 aliphatic heterocycles. The predicted octanol–water partition coefficient (Wildman–Crippen LogP) is 4.90. The van der Waals surface area contributed by atoms with Gasteiger partial charge < -0.3 is 19.7 Å². The molecule has 0 spiro atoms. The first-order valence-corrected chi connectivity index (χ1v) is 14.8. The van der Waals surface area contributed by atoms with Crippen LogP contribution in [0.2, 0.25) is 0 Å². The number of rotatable bonds is 15. The lowest BCUT2D eigenvalue weighted by Gasteiger charge is -2.34. The van der Waals surface area contributed by atoms with Crippen LogP contribution in [0, 0.1) is 17.8 Å². The summed E-state index contributed by atoms with van der Waals surface area (Å²) in [6.07, 6.45) is 3.25. The smallest absolute Gasteiger partial charge is 0.308 e. The number of carbonyl (C=O) groups excluding carboxylic acids is 4. The van der Waals surface area contributed by atoms with E-state index in [9.17, 15) is 19.2 Å². The van der Waals surface area contributed by atoms with Gasteiger partial charge in [-0.2, -0.15) is 0 Å². The minimum atomic E-state index is -0.738. The monoisotopic (exact) mass is 579 g/mol. The van der Waals surface area contributed by atoms with E-state index in [1.807, 2.05) is 44.2 Å². The van der Waals surface area contributed by atoms with E-state index in [2.05, 4.69) is 10.3 Å². The molecule has 1 aromatic heterocycles. The molecule has 0 bridgehead atoms. The van der Waals surface area contributed by atoms with Gasteiger partial charge in [-0.25, -0.2) is 4.98 Å². The van der Waals surface area contributed by atoms with Crippen LogP contribution in [0.3, 0.4) is 0 Å². The molecular formula is C33H45N3O6. The van der Waals surface area contributed by atoms with E-state index in [1.165, 1.54) is 14.0 Å². The molecule has 0 radical (unpaired) electrons. The van der Waals surface area contributed by atoms with Crippen molar-refractivity contribution in [2.45, 2.75) is 84.4 Å². The van der Waals surface area contributed by atoms with Gasteiger partial charge in [0.05, 0.1) is 18.7 Å². The maximum atomic E-state index is 13.4. The number of nitrogens with one attached hydrogen (secondary N) is 1. The summed E-state index contributed by atoms with van der Waals surface area (Å²) in [5, 5.41) is 3.04. The highest BCUT2D eigenvalue weighted by atomic mass is 16.5. The van der Waals surface area contributed by atoms with E-state index < -0.39 is 23.9 Å². The summed E-state index contributed by atoms with van der Waals surface area (Å²) in [6.45, 7) is 7.19. The Morgan fingerprint density at radius 3 is 2.29 bits per heavy atom. The van der Waals surface area contributed by atoms with E-state index in [0.717, 1.165) is 18.4 Å². The molecule has 2 aromatic rings. The van der Waals surface area contributed by atoms with Crippen molar-refractivity contribution in [2.24, 2.45) is 17.8 Å². The SMILES string of the molecule is COC(=O)[C@@H](C)C[C@H](Cc1ccccc1)NC(=O)c1cccc([C@@H](C[C@H](C(C)C)N(C)C(=O)CC2CC2)OC(C)=O)n1. The van der Waals surface area contributed by atoms with E-state index >= 15 is 0 Å². The Morgan fingerprint density at radius 1 is 1.00 bits per heavy atom. The molecule has 0 saturated heterocycles. The van der Waals surface area contributed by atoms with Crippen molar-refractivity contribution in [3.05, 3.63) is 65.5 Å². The van der Waals surface area contributed by atoms with Crippen LogP contribution < -0.4 is 5.32 Å². The van der Waals surface area contributed by atoms with Crippen LogP contribution in [0.1, 0.15) is 87.6 Å². The average Bonchev–Trinajstić information content (AvgIpc) is 3.78. The topological polar surface area (TPSA) is 115 Å². The second-order valence-corrected chi connectivity index (χ2v) is 11.8. The third-order valence-electron chi connectivity index (χ3n) is 7.82. The molecule has 0 unspecified atom stereocenters. The van der Waals surface area contributed by atoms with Gasteiger partial charge in [-0.05, 0) is 55.2 Å². The Morgan fingerprint density at radius 2 is 1.69 bits per heavy atom. The lowest BCUT2D eigenvalue weighted by molar-refractivity contribution is -0.149. The van der Waals surface area contributed by atoms with E-state index in [1.54, 1.807) is 37.1 Å². The highest BCUT2D eigenvalue weighted by Gasteiger charge is 2.32. The molecule has 1 N–H and O–H groups in total. The number of ether oxygens (including phenoxy) is 2. The lowest BCUT2D eigenvalue weighted by Crippen LogP contribution is -2.42. The van der Waals surface area contributed by atoms with Gasteiger partial charge >= 0.3 is 11.9 Å². The Kier molecular flexibility index (Phi) is 12.1. The fourth-order valence-corrected chi connectivity index (χ4v) is 5.26. The molecular weight excluding hydrogens is 534 g/mol. The number of carbonyl (C=O) groups is 4. The normalized spacial score (nSPS) is 15.7. The molecule has 1 fully saturated rings. The van der Waals surface area contributed by atoms with Crippen molar-refractivity contribution >= 4 is 23.8 Å². The van der Waals surface area contributed by atoms with Gasteiger partial charge in [-0.3, -0.25) is 19.2 Å². The Bertz CT molecular complexity index is 1210. The van der Waals surface area contributed by atoms with Gasteiger partial charge in [0.25, 0.3) is 5.91 Å². The number of amides is 2. The number of nitrogens with zero attached hydrogens (tertiary/aromatic N) is 2. The number of aromatic nitrogens is 1. The zero-order chi connectivity index (χ0) is 30.8.